The fourth-order valence-corrected chi connectivity index (χ4v) is 1.46. The van der Waals surface area contributed by atoms with Crippen molar-refractivity contribution in [2.24, 2.45) is 4.99 Å². The molecule has 0 N–H and O–H groups in total. The van der Waals surface area contributed by atoms with Crippen LogP contribution >= 0.6 is 11.6 Å². The van der Waals surface area contributed by atoms with Crippen LogP contribution in [0, 0.1) is 5.82 Å². The van der Waals surface area contributed by atoms with Crippen LogP contribution in [-0.2, 0) is 0 Å². The van der Waals surface area contributed by atoms with Gasteiger partial charge in [-0.25, -0.2) is 4.39 Å². The van der Waals surface area contributed by atoms with Gasteiger partial charge in [0.05, 0.1) is 5.69 Å². The average Bonchev–Trinajstić information content (AvgIpc) is 2.28. The molecular weight excluding hydrogens is 225 g/mol. The largest absolute Gasteiger partial charge is 0.256 e. The van der Waals surface area contributed by atoms with E-state index in [1.54, 1.807) is 24.4 Å². The van der Waals surface area contributed by atoms with Crippen LogP contribution in [0.15, 0.2) is 53.5 Å². The van der Waals surface area contributed by atoms with Crippen molar-refractivity contribution in [3.05, 3.63) is 64.9 Å². The van der Waals surface area contributed by atoms with E-state index in [-0.39, 0.29) is 5.82 Å². The average molecular weight is 234 g/mol. The van der Waals surface area contributed by atoms with Gasteiger partial charge in [-0.3, -0.25) is 4.99 Å². The first-order valence-electron chi connectivity index (χ1n) is 4.79. The molecule has 80 valence electrons. The molecule has 0 amide bonds. The van der Waals surface area contributed by atoms with E-state index in [0.717, 1.165) is 5.56 Å². The summed E-state index contributed by atoms with van der Waals surface area (Å²) in [6.45, 7) is 0. The number of aliphatic imine (C=N–C) groups is 1. The minimum atomic E-state index is -0.262. The molecule has 0 atom stereocenters. The molecule has 0 aliphatic rings. The zero-order valence-electron chi connectivity index (χ0n) is 8.40. The van der Waals surface area contributed by atoms with Gasteiger partial charge in [-0.15, -0.1) is 0 Å². The molecular formula is C13H9ClFN. The molecule has 2 rings (SSSR count). The lowest BCUT2D eigenvalue weighted by molar-refractivity contribution is 0.628. The van der Waals surface area contributed by atoms with E-state index in [1.807, 2.05) is 18.2 Å². The molecule has 0 bridgehead atoms. The van der Waals surface area contributed by atoms with Crippen molar-refractivity contribution < 1.29 is 4.39 Å². The fourth-order valence-electron chi connectivity index (χ4n) is 1.26. The van der Waals surface area contributed by atoms with E-state index in [2.05, 4.69) is 4.99 Å². The van der Waals surface area contributed by atoms with Gasteiger partial charge in [0, 0.05) is 11.2 Å². The number of benzene rings is 2. The van der Waals surface area contributed by atoms with Gasteiger partial charge < -0.3 is 0 Å². The minimum absolute atomic E-state index is 0.262. The van der Waals surface area contributed by atoms with E-state index < -0.39 is 0 Å². The number of hydrogen-bond acceptors (Lipinski definition) is 1. The first kappa shape index (κ1) is 10.8. The molecule has 2 aromatic rings. The van der Waals surface area contributed by atoms with Crippen LogP contribution in [0.25, 0.3) is 0 Å². The highest BCUT2D eigenvalue weighted by atomic mass is 35.5. The topological polar surface area (TPSA) is 12.4 Å². The molecule has 0 saturated heterocycles. The summed E-state index contributed by atoms with van der Waals surface area (Å²) in [5.74, 6) is -0.262. The minimum Gasteiger partial charge on any atom is -0.256 e. The molecule has 0 saturated carbocycles. The molecule has 0 radical (unpaired) electrons. The van der Waals surface area contributed by atoms with Gasteiger partial charge in [-0.1, -0.05) is 23.7 Å². The van der Waals surface area contributed by atoms with Crippen LogP contribution in [0.4, 0.5) is 10.1 Å². The van der Waals surface area contributed by atoms with Crippen molar-refractivity contribution in [2.75, 3.05) is 0 Å². The van der Waals surface area contributed by atoms with Gasteiger partial charge >= 0.3 is 0 Å². The summed E-state index contributed by atoms with van der Waals surface area (Å²) in [5.41, 5.74) is 1.62. The molecule has 0 heterocycles. The maximum Gasteiger partial charge on any atom is 0.123 e. The van der Waals surface area contributed by atoms with E-state index >= 15 is 0 Å². The normalized spacial score (nSPS) is 10.9. The van der Waals surface area contributed by atoms with E-state index in [1.165, 1.54) is 12.1 Å². The molecule has 16 heavy (non-hydrogen) atoms. The fraction of sp³-hybridized carbons (Fsp3) is 0. The second kappa shape index (κ2) is 4.90. The summed E-state index contributed by atoms with van der Waals surface area (Å²) < 4.78 is 12.6. The van der Waals surface area contributed by atoms with Crippen LogP contribution < -0.4 is 0 Å². The number of rotatable bonds is 2. The second-order valence-corrected chi connectivity index (χ2v) is 3.73. The Bertz CT molecular complexity index is 506. The lowest BCUT2D eigenvalue weighted by Gasteiger charge is -1.95. The molecule has 0 aliphatic heterocycles. The smallest absolute Gasteiger partial charge is 0.123 e. The Hall–Kier alpha value is -1.67. The zero-order valence-corrected chi connectivity index (χ0v) is 9.16. The van der Waals surface area contributed by atoms with Crippen LogP contribution in [0.5, 0.6) is 0 Å². The number of halogens is 2. The highest BCUT2D eigenvalue weighted by molar-refractivity contribution is 6.30. The second-order valence-electron chi connectivity index (χ2n) is 3.29. The van der Waals surface area contributed by atoms with Crippen LogP contribution in [-0.4, -0.2) is 6.21 Å². The van der Waals surface area contributed by atoms with Crippen LogP contribution in [0.1, 0.15) is 5.56 Å². The standard InChI is InChI=1S/C13H9ClFN/c14-11-3-1-2-10(8-11)9-16-13-6-4-12(15)5-7-13/h1-9H. The van der Waals surface area contributed by atoms with E-state index in [4.69, 9.17) is 11.6 Å². The van der Waals surface area contributed by atoms with Gasteiger partial charge in [0.15, 0.2) is 0 Å². The van der Waals surface area contributed by atoms with Crippen LogP contribution in [0.2, 0.25) is 5.02 Å². The van der Waals surface area contributed by atoms with Gasteiger partial charge in [0.25, 0.3) is 0 Å². The quantitative estimate of drug-likeness (QED) is 0.689. The van der Waals surface area contributed by atoms with Gasteiger partial charge in [0.1, 0.15) is 5.82 Å². The van der Waals surface area contributed by atoms with Crippen molar-refractivity contribution >= 4 is 23.5 Å². The third-order valence-corrected chi connectivity index (χ3v) is 2.27. The Kier molecular flexibility index (Phi) is 3.32. The van der Waals surface area contributed by atoms with Crippen molar-refractivity contribution in [2.45, 2.75) is 0 Å². The summed E-state index contributed by atoms with van der Waals surface area (Å²) in [7, 11) is 0. The molecule has 0 aromatic heterocycles. The Morgan fingerprint density at radius 1 is 1.06 bits per heavy atom. The maximum absolute atomic E-state index is 12.6. The lowest BCUT2D eigenvalue weighted by Crippen LogP contribution is -1.79. The first-order chi connectivity index (χ1) is 7.74. The van der Waals surface area contributed by atoms with Crippen molar-refractivity contribution in [3.63, 3.8) is 0 Å². The van der Waals surface area contributed by atoms with Crippen molar-refractivity contribution in [1.82, 2.24) is 0 Å². The molecule has 1 nitrogen and oxygen atoms in total. The molecule has 0 spiro atoms. The van der Waals surface area contributed by atoms with Gasteiger partial charge in [-0.05, 0) is 42.0 Å². The van der Waals surface area contributed by atoms with Gasteiger partial charge in [-0.2, -0.15) is 0 Å². The Balaban J connectivity index is 2.18. The maximum atomic E-state index is 12.6. The SMILES string of the molecule is Fc1ccc(N=Cc2cccc(Cl)c2)cc1. The van der Waals surface area contributed by atoms with Gasteiger partial charge in [0.2, 0.25) is 0 Å². The zero-order chi connectivity index (χ0) is 11.4. The summed E-state index contributed by atoms with van der Waals surface area (Å²) in [6.07, 6.45) is 1.69. The Morgan fingerprint density at radius 3 is 2.50 bits per heavy atom. The molecule has 0 aliphatic carbocycles. The third-order valence-electron chi connectivity index (χ3n) is 2.04. The van der Waals surface area contributed by atoms with E-state index in [9.17, 15) is 4.39 Å². The lowest BCUT2D eigenvalue weighted by atomic mass is 10.2. The monoisotopic (exact) mass is 233 g/mol. The first-order valence-corrected chi connectivity index (χ1v) is 5.17. The number of hydrogen-bond donors (Lipinski definition) is 0. The number of nitrogens with zero attached hydrogens (tertiary/aromatic N) is 1. The third kappa shape index (κ3) is 2.91. The summed E-state index contributed by atoms with van der Waals surface area (Å²) in [4.78, 5) is 4.21. The molecule has 0 unspecified atom stereocenters. The summed E-state index contributed by atoms with van der Waals surface area (Å²) in [5, 5.41) is 0.669. The highest BCUT2D eigenvalue weighted by Gasteiger charge is 1.92. The van der Waals surface area contributed by atoms with Crippen molar-refractivity contribution in [3.8, 4) is 0 Å². The summed E-state index contributed by atoms with van der Waals surface area (Å²) >= 11 is 5.84. The predicted molar refractivity (Wildman–Crippen MR) is 65.1 cm³/mol. The van der Waals surface area contributed by atoms with E-state index in [0.29, 0.717) is 10.7 Å². The van der Waals surface area contributed by atoms with Crippen molar-refractivity contribution in [1.29, 1.82) is 0 Å². The summed E-state index contributed by atoms with van der Waals surface area (Å²) in [6, 6.07) is 13.4. The molecule has 0 fully saturated rings. The van der Waals surface area contributed by atoms with Crippen LogP contribution in [0.3, 0.4) is 0 Å². The predicted octanol–water partition coefficient (Wildman–Crippen LogP) is 4.23. The molecule has 3 heteroatoms. The highest BCUT2D eigenvalue weighted by Crippen LogP contribution is 2.13. The Labute approximate surface area is 98.2 Å². The molecule has 2 aromatic carbocycles. The Morgan fingerprint density at radius 2 is 1.81 bits per heavy atom.